The molecule has 0 aromatic carbocycles. The van der Waals surface area contributed by atoms with Crippen LogP contribution >= 0.6 is 0 Å². The first kappa shape index (κ1) is 15.1. The molecule has 0 bridgehead atoms. The molecule has 0 radical (unpaired) electrons. The molecular formula is C11H18N4O4. The lowest BCUT2D eigenvalue weighted by Crippen LogP contribution is -2.11. The van der Waals surface area contributed by atoms with Crippen molar-refractivity contribution in [3.8, 4) is 5.88 Å². The fraction of sp³-hybridized carbons (Fsp3) is 0.636. The number of nitrogens with one attached hydrogen (secondary N) is 1. The summed E-state index contributed by atoms with van der Waals surface area (Å²) in [5.41, 5.74) is -0.253. The lowest BCUT2D eigenvalue weighted by Gasteiger charge is -2.07. The summed E-state index contributed by atoms with van der Waals surface area (Å²) in [6.45, 7) is 5.71. The van der Waals surface area contributed by atoms with Crippen molar-refractivity contribution in [2.24, 2.45) is 0 Å². The number of aromatic nitrogens is 2. The van der Waals surface area contributed by atoms with Gasteiger partial charge in [0.15, 0.2) is 0 Å². The number of nitrogens with zero attached hydrogens (tertiary/aromatic N) is 3. The van der Waals surface area contributed by atoms with E-state index in [9.17, 15) is 10.1 Å². The third-order valence-electron chi connectivity index (χ3n) is 2.08. The maximum absolute atomic E-state index is 10.8. The SMILES string of the molecule is CCCOCCOc1nc(NCC)ncc1[N+](=O)[O-]. The monoisotopic (exact) mass is 270 g/mol. The van der Waals surface area contributed by atoms with Crippen molar-refractivity contribution < 1.29 is 14.4 Å². The molecule has 19 heavy (non-hydrogen) atoms. The van der Waals surface area contributed by atoms with Crippen LogP contribution in [0.5, 0.6) is 5.88 Å². The predicted molar refractivity (Wildman–Crippen MR) is 69.5 cm³/mol. The first-order chi connectivity index (χ1) is 9.19. The molecule has 0 aliphatic carbocycles. The summed E-state index contributed by atoms with van der Waals surface area (Å²) in [5, 5.41) is 13.7. The summed E-state index contributed by atoms with van der Waals surface area (Å²) in [4.78, 5) is 18.0. The Balaban J connectivity index is 2.66. The molecule has 8 nitrogen and oxygen atoms in total. The minimum Gasteiger partial charge on any atom is -0.470 e. The predicted octanol–water partition coefficient (Wildman–Crippen LogP) is 1.62. The van der Waals surface area contributed by atoms with Gasteiger partial charge in [0.05, 0.1) is 11.5 Å². The molecule has 1 rings (SSSR count). The van der Waals surface area contributed by atoms with Gasteiger partial charge in [-0.05, 0) is 13.3 Å². The van der Waals surface area contributed by atoms with Gasteiger partial charge in [-0.2, -0.15) is 4.98 Å². The lowest BCUT2D eigenvalue weighted by molar-refractivity contribution is -0.386. The first-order valence-corrected chi connectivity index (χ1v) is 6.14. The third kappa shape index (κ3) is 5.04. The molecule has 8 heteroatoms. The molecule has 0 fully saturated rings. The first-order valence-electron chi connectivity index (χ1n) is 6.14. The molecule has 0 aliphatic rings. The van der Waals surface area contributed by atoms with Crippen LogP contribution in [0, 0.1) is 10.1 Å². The van der Waals surface area contributed by atoms with E-state index in [1.54, 1.807) is 0 Å². The summed E-state index contributed by atoms with van der Waals surface area (Å²) in [5.74, 6) is 0.258. The van der Waals surface area contributed by atoms with Crippen LogP contribution in [0.3, 0.4) is 0 Å². The van der Waals surface area contributed by atoms with E-state index in [1.807, 2.05) is 13.8 Å². The molecule has 0 unspecified atom stereocenters. The molecule has 106 valence electrons. The molecular weight excluding hydrogens is 252 g/mol. The van der Waals surface area contributed by atoms with E-state index < -0.39 is 4.92 Å². The fourth-order valence-electron chi connectivity index (χ4n) is 1.28. The van der Waals surface area contributed by atoms with Crippen LogP contribution < -0.4 is 10.1 Å². The molecule has 0 saturated carbocycles. The number of hydrogen-bond acceptors (Lipinski definition) is 7. The van der Waals surface area contributed by atoms with Gasteiger partial charge in [-0.1, -0.05) is 6.92 Å². The second kappa shape index (κ2) is 8.20. The van der Waals surface area contributed by atoms with E-state index >= 15 is 0 Å². The van der Waals surface area contributed by atoms with Gasteiger partial charge in [-0.3, -0.25) is 10.1 Å². The van der Waals surface area contributed by atoms with Gasteiger partial charge in [0.2, 0.25) is 5.95 Å². The molecule has 0 atom stereocenters. The van der Waals surface area contributed by atoms with Crippen molar-refractivity contribution in [2.45, 2.75) is 20.3 Å². The highest BCUT2D eigenvalue weighted by atomic mass is 16.6. The molecule has 0 aliphatic heterocycles. The molecule has 0 saturated heterocycles. The van der Waals surface area contributed by atoms with Crippen molar-refractivity contribution in [1.82, 2.24) is 9.97 Å². The maximum Gasteiger partial charge on any atom is 0.349 e. The molecule has 0 amide bonds. The normalized spacial score (nSPS) is 10.2. The second-order valence-electron chi connectivity index (χ2n) is 3.63. The average Bonchev–Trinajstić information content (AvgIpc) is 2.39. The Hall–Kier alpha value is -1.96. The Labute approximate surface area is 111 Å². The number of ether oxygens (including phenoxy) is 2. The van der Waals surface area contributed by atoms with Gasteiger partial charge in [0, 0.05) is 13.2 Å². The molecule has 1 aromatic heterocycles. The molecule has 1 heterocycles. The highest BCUT2D eigenvalue weighted by Crippen LogP contribution is 2.24. The minimum absolute atomic E-state index is 0.0453. The van der Waals surface area contributed by atoms with E-state index in [1.165, 1.54) is 0 Å². The van der Waals surface area contributed by atoms with E-state index in [4.69, 9.17) is 9.47 Å². The van der Waals surface area contributed by atoms with Crippen LogP contribution in [0.1, 0.15) is 20.3 Å². The smallest absolute Gasteiger partial charge is 0.349 e. The minimum atomic E-state index is -0.571. The van der Waals surface area contributed by atoms with Gasteiger partial charge in [-0.25, -0.2) is 4.98 Å². The molecule has 1 N–H and O–H groups in total. The average molecular weight is 270 g/mol. The van der Waals surface area contributed by atoms with Gasteiger partial charge < -0.3 is 14.8 Å². The third-order valence-corrected chi connectivity index (χ3v) is 2.08. The second-order valence-corrected chi connectivity index (χ2v) is 3.63. The number of anilines is 1. The molecule has 0 spiro atoms. The Morgan fingerprint density at radius 1 is 1.37 bits per heavy atom. The molecule has 1 aromatic rings. The van der Waals surface area contributed by atoms with Crippen molar-refractivity contribution in [3.63, 3.8) is 0 Å². The van der Waals surface area contributed by atoms with Gasteiger partial charge in [0.25, 0.3) is 5.88 Å². The van der Waals surface area contributed by atoms with Crippen LogP contribution in [-0.4, -0.2) is 41.3 Å². The van der Waals surface area contributed by atoms with Crippen LogP contribution in [0.2, 0.25) is 0 Å². The highest BCUT2D eigenvalue weighted by Gasteiger charge is 2.18. The fourth-order valence-corrected chi connectivity index (χ4v) is 1.28. The Kier molecular flexibility index (Phi) is 6.51. The van der Waals surface area contributed by atoms with E-state index in [-0.39, 0.29) is 18.2 Å². The summed E-state index contributed by atoms with van der Waals surface area (Å²) in [6, 6.07) is 0. The topological polar surface area (TPSA) is 99.4 Å². The Bertz CT molecular complexity index is 414. The van der Waals surface area contributed by atoms with Gasteiger partial charge in [-0.15, -0.1) is 0 Å². The van der Waals surface area contributed by atoms with E-state index in [0.29, 0.717) is 25.7 Å². The zero-order valence-electron chi connectivity index (χ0n) is 11.1. The zero-order valence-corrected chi connectivity index (χ0v) is 11.1. The summed E-state index contributed by atoms with van der Waals surface area (Å²) in [7, 11) is 0. The Morgan fingerprint density at radius 2 is 2.16 bits per heavy atom. The van der Waals surface area contributed by atoms with Crippen molar-refractivity contribution >= 4 is 11.6 Å². The summed E-state index contributed by atoms with van der Waals surface area (Å²) in [6.07, 6.45) is 2.05. The number of nitro groups is 1. The Morgan fingerprint density at radius 3 is 2.79 bits per heavy atom. The standard InChI is InChI=1S/C11H18N4O4/c1-3-5-18-6-7-19-10-9(15(16)17)8-13-11(14-10)12-4-2/h8H,3-7H2,1-2H3,(H,12,13,14). The zero-order chi connectivity index (χ0) is 14.1. The van der Waals surface area contributed by atoms with Gasteiger partial charge in [0.1, 0.15) is 12.8 Å². The van der Waals surface area contributed by atoms with Gasteiger partial charge >= 0.3 is 5.69 Å². The van der Waals surface area contributed by atoms with E-state index in [2.05, 4.69) is 15.3 Å². The van der Waals surface area contributed by atoms with Crippen molar-refractivity contribution in [1.29, 1.82) is 0 Å². The lowest BCUT2D eigenvalue weighted by atomic mass is 10.5. The number of hydrogen-bond donors (Lipinski definition) is 1. The van der Waals surface area contributed by atoms with Crippen molar-refractivity contribution in [3.05, 3.63) is 16.3 Å². The van der Waals surface area contributed by atoms with Crippen LogP contribution in [0.4, 0.5) is 11.6 Å². The summed E-state index contributed by atoms with van der Waals surface area (Å²) >= 11 is 0. The van der Waals surface area contributed by atoms with Crippen LogP contribution in [-0.2, 0) is 4.74 Å². The van der Waals surface area contributed by atoms with Crippen molar-refractivity contribution in [2.75, 3.05) is 31.7 Å². The van der Waals surface area contributed by atoms with E-state index in [0.717, 1.165) is 12.6 Å². The quantitative estimate of drug-likeness (QED) is 0.413. The summed E-state index contributed by atoms with van der Waals surface area (Å²) < 4.78 is 10.5. The maximum atomic E-state index is 10.8. The van der Waals surface area contributed by atoms with Crippen LogP contribution in [0.25, 0.3) is 0 Å². The number of rotatable bonds is 9. The van der Waals surface area contributed by atoms with Crippen LogP contribution in [0.15, 0.2) is 6.20 Å². The largest absolute Gasteiger partial charge is 0.470 e. The highest BCUT2D eigenvalue weighted by molar-refractivity contribution is 5.43.